The summed E-state index contributed by atoms with van der Waals surface area (Å²) in [6.45, 7) is 2.85. The van der Waals surface area contributed by atoms with E-state index in [0.717, 1.165) is 16.6 Å². The van der Waals surface area contributed by atoms with Crippen molar-refractivity contribution in [2.75, 3.05) is 0 Å². The van der Waals surface area contributed by atoms with Gasteiger partial charge in [-0.1, -0.05) is 40.2 Å². The number of benzene rings is 2. The molecule has 0 fully saturated rings. The lowest BCUT2D eigenvalue weighted by atomic mass is 10.1. The summed E-state index contributed by atoms with van der Waals surface area (Å²) < 4.78 is 13.8. The number of nitrogens with one attached hydrogen (secondary N) is 1. The summed E-state index contributed by atoms with van der Waals surface area (Å²) in [6, 6.07) is 15.1. The van der Waals surface area contributed by atoms with Crippen LogP contribution >= 0.6 is 28.3 Å². The molecule has 0 bridgehead atoms. The van der Waals surface area contributed by atoms with Crippen LogP contribution < -0.4 is 5.32 Å². The highest BCUT2D eigenvalue weighted by molar-refractivity contribution is 9.10. The maximum absolute atomic E-state index is 12.8. The van der Waals surface area contributed by atoms with E-state index in [1.165, 1.54) is 17.7 Å². The van der Waals surface area contributed by atoms with E-state index in [2.05, 4.69) is 40.3 Å². The van der Waals surface area contributed by atoms with E-state index in [9.17, 15) is 4.39 Å². The third-order valence-electron chi connectivity index (χ3n) is 2.90. The predicted octanol–water partition coefficient (Wildman–Crippen LogP) is 4.86. The van der Waals surface area contributed by atoms with E-state index in [0.29, 0.717) is 0 Å². The van der Waals surface area contributed by atoms with Crippen molar-refractivity contribution in [3.63, 3.8) is 0 Å². The van der Waals surface area contributed by atoms with Crippen LogP contribution in [0, 0.1) is 5.82 Å². The smallest absolute Gasteiger partial charge is 0.123 e. The largest absolute Gasteiger partial charge is 0.306 e. The second kappa shape index (κ2) is 7.63. The first-order chi connectivity index (χ1) is 8.65. The maximum atomic E-state index is 12.8. The van der Waals surface area contributed by atoms with Crippen LogP contribution in [0.15, 0.2) is 53.0 Å². The van der Waals surface area contributed by atoms with E-state index in [1.807, 2.05) is 12.1 Å². The predicted molar refractivity (Wildman–Crippen MR) is 83.0 cm³/mol. The average Bonchev–Trinajstić information content (AvgIpc) is 2.38. The molecule has 1 atom stereocenters. The van der Waals surface area contributed by atoms with E-state index in [-0.39, 0.29) is 24.3 Å². The summed E-state index contributed by atoms with van der Waals surface area (Å²) in [5, 5.41) is 3.42. The zero-order valence-electron chi connectivity index (χ0n) is 10.6. The molecule has 4 heteroatoms. The fraction of sp³-hybridized carbons (Fsp3) is 0.200. The van der Waals surface area contributed by atoms with Crippen LogP contribution in [0.4, 0.5) is 4.39 Å². The van der Waals surface area contributed by atoms with E-state index < -0.39 is 0 Å². The van der Waals surface area contributed by atoms with Crippen LogP contribution in [0.2, 0.25) is 0 Å². The Balaban J connectivity index is 0.00000180. The molecule has 102 valence electrons. The summed E-state index contributed by atoms with van der Waals surface area (Å²) >= 11 is 3.42. The number of rotatable bonds is 4. The van der Waals surface area contributed by atoms with Gasteiger partial charge in [0.15, 0.2) is 0 Å². The fourth-order valence-corrected chi connectivity index (χ4v) is 2.01. The van der Waals surface area contributed by atoms with Gasteiger partial charge in [0.2, 0.25) is 0 Å². The molecule has 0 radical (unpaired) electrons. The molecular formula is C15H16BrClFN. The van der Waals surface area contributed by atoms with E-state index in [1.54, 1.807) is 12.1 Å². The molecular weight excluding hydrogens is 329 g/mol. The Morgan fingerprint density at radius 1 is 1.05 bits per heavy atom. The van der Waals surface area contributed by atoms with Gasteiger partial charge in [0.05, 0.1) is 0 Å². The molecule has 19 heavy (non-hydrogen) atoms. The molecule has 0 aliphatic rings. The molecule has 0 spiro atoms. The fourth-order valence-electron chi connectivity index (χ4n) is 1.74. The summed E-state index contributed by atoms with van der Waals surface area (Å²) in [5.41, 5.74) is 2.32. The van der Waals surface area contributed by atoms with Gasteiger partial charge in [-0.25, -0.2) is 4.39 Å². The Morgan fingerprint density at radius 2 is 1.63 bits per heavy atom. The van der Waals surface area contributed by atoms with Crippen molar-refractivity contribution in [2.45, 2.75) is 19.5 Å². The normalized spacial score (nSPS) is 11.7. The zero-order chi connectivity index (χ0) is 13.0. The van der Waals surface area contributed by atoms with Crippen molar-refractivity contribution in [3.8, 4) is 0 Å². The van der Waals surface area contributed by atoms with Crippen molar-refractivity contribution < 1.29 is 4.39 Å². The summed E-state index contributed by atoms with van der Waals surface area (Å²) in [6.07, 6.45) is 0. The van der Waals surface area contributed by atoms with Crippen LogP contribution in [0.25, 0.3) is 0 Å². The molecule has 0 aliphatic heterocycles. The van der Waals surface area contributed by atoms with Gasteiger partial charge >= 0.3 is 0 Å². The summed E-state index contributed by atoms with van der Waals surface area (Å²) in [5.74, 6) is -0.195. The SMILES string of the molecule is C[C@H](NCc1ccc(F)cc1)c1ccc(Br)cc1.Cl. The van der Waals surface area contributed by atoms with Crippen LogP contribution in [0.5, 0.6) is 0 Å². The first-order valence-corrected chi connectivity index (χ1v) is 6.68. The van der Waals surface area contributed by atoms with Gasteiger partial charge < -0.3 is 5.32 Å². The molecule has 2 aromatic carbocycles. The molecule has 0 amide bonds. The van der Waals surface area contributed by atoms with Gasteiger partial charge in [0.1, 0.15) is 5.82 Å². The number of hydrogen-bond acceptors (Lipinski definition) is 1. The van der Waals surface area contributed by atoms with Crippen molar-refractivity contribution in [3.05, 3.63) is 69.9 Å². The van der Waals surface area contributed by atoms with Crippen LogP contribution in [0.3, 0.4) is 0 Å². The molecule has 0 aromatic heterocycles. The monoisotopic (exact) mass is 343 g/mol. The highest BCUT2D eigenvalue weighted by Gasteiger charge is 2.04. The van der Waals surface area contributed by atoms with Crippen LogP contribution in [-0.2, 0) is 6.54 Å². The minimum absolute atomic E-state index is 0. The van der Waals surface area contributed by atoms with Gasteiger partial charge in [-0.3, -0.25) is 0 Å². The highest BCUT2D eigenvalue weighted by atomic mass is 79.9. The topological polar surface area (TPSA) is 12.0 Å². The Labute approximate surface area is 127 Å². The molecule has 1 N–H and O–H groups in total. The average molecular weight is 345 g/mol. The van der Waals surface area contributed by atoms with E-state index >= 15 is 0 Å². The Morgan fingerprint density at radius 3 is 2.21 bits per heavy atom. The third kappa shape index (κ3) is 4.94. The first kappa shape index (κ1) is 16.2. The minimum atomic E-state index is -0.195. The molecule has 1 nitrogen and oxygen atoms in total. The molecule has 0 saturated carbocycles. The number of halogens is 3. The van der Waals surface area contributed by atoms with Crippen LogP contribution in [-0.4, -0.2) is 0 Å². The third-order valence-corrected chi connectivity index (χ3v) is 3.42. The minimum Gasteiger partial charge on any atom is -0.306 e. The van der Waals surface area contributed by atoms with Crippen molar-refractivity contribution >= 4 is 28.3 Å². The lowest BCUT2D eigenvalue weighted by Gasteiger charge is -2.14. The Kier molecular flexibility index (Phi) is 6.49. The van der Waals surface area contributed by atoms with Gasteiger partial charge in [-0.15, -0.1) is 12.4 Å². The molecule has 0 saturated heterocycles. The quantitative estimate of drug-likeness (QED) is 0.835. The lowest BCUT2D eigenvalue weighted by Crippen LogP contribution is -2.17. The standard InChI is InChI=1S/C15H15BrFN.ClH/c1-11(13-4-6-14(16)7-5-13)18-10-12-2-8-15(17)9-3-12;/h2-9,11,18H,10H2,1H3;1H/t11-;/m0./s1. The Bertz CT molecular complexity index is 499. The van der Waals surface area contributed by atoms with Gasteiger partial charge in [0.25, 0.3) is 0 Å². The van der Waals surface area contributed by atoms with Crippen molar-refractivity contribution in [1.82, 2.24) is 5.32 Å². The Hall–Kier alpha value is -0.900. The van der Waals surface area contributed by atoms with Gasteiger partial charge in [-0.2, -0.15) is 0 Å². The molecule has 0 heterocycles. The molecule has 0 unspecified atom stereocenters. The zero-order valence-corrected chi connectivity index (χ0v) is 13.0. The number of hydrogen-bond donors (Lipinski definition) is 1. The van der Waals surface area contributed by atoms with E-state index in [4.69, 9.17) is 0 Å². The first-order valence-electron chi connectivity index (χ1n) is 5.88. The van der Waals surface area contributed by atoms with Crippen LogP contribution in [0.1, 0.15) is 24.1 Å². The molecule has 2 aromatic rings. The second-order valence-electron chi connectivity index (χ2n) is 4.28. The lowest BCUT2D eigenvalue weighted by molar-refractivity contribution is 0.573. The van der Waals surface area contributed by atoms with Gasteiger partial charge in [-0.05, 0) is 42.3 Å². The highest BCUT2D eigenvalue weighted by Crippen LogP contribution is 2.17. The van der Waals surface area contributed by atoms with Gasteiger partial charge in [0, 0.05) is 17.1 Å². The second-order valence-corrected chi connectivity index (χ2v) is 5.20. The molecule has 2 rings (SSSR count). The summed E-state index contributed by atoms with van der Waals surface area (Å²) in [4.78, 5) is 0. The summed E-state index contributed by atoms with van der Waals surface area (Å²) in [7, 11) is 0. The van der Waals surface area contributed by atoms with Crippen molar-refractivity contribution in [1.29, 1.82) is 0 Å². The van der Waals surface area contributed by atoms with Crippen molar-refractivity contribution in [2.24, 2.45) is 0 Å². The molecule has 0 aliphatic carbocycles. The maximum Gasteiger partial charge on any atom is 0.123 e.